The third-order valence-electron chi connectivity index (χ3n) is 4.41. The maximum Gasteiger partial charge on any atom is 0.0713 e. The Kier molecular flexibility index (Phi) is 5.58. The highest BCUT2D eigenvalue weighted by Crippen LogP contribution is 2.29. The third kappa shape index (κ3) is 4.58. The number of ether oxygens (including phenoxy) is 1. The van der Waals surface area contributed by atoms with Gasteiger partial charge in [-0.05, 0) is 49.5 Å². The molecule has 0 amide bonds. The van der Waals surface area contributed by atoms with Crippen molar-refractivity contribution < 1.29 is 4.74 Å². The van der Waals surface area contributed by atoms with Crippen LogP contribution in [0.2, 0.25) is 0 Å². The minimum absolute atomic E-state index is 0.461. The number of benzene rings is 1. The summed E-state index contributed by atoms with van der Waals surface area (Å²) in [6, 6.07) is 8.69. The summed E-state index contributed by atoms with van der Waals surface area (Å²) in [5.41, 5.74) is 3.04. The van der Waals surface area contributed by atoms with Crippen molar-refractivity contribution in [2.45, 2.75) is 32.9 Å². The molecule has 0 saturated carbocycles. The van der Waals surface area contributed by atoms with Gasteiger partial charge in [0.25, 0.3) is 0 Å². The molecule has 20 heavy (non-hydrogen) atoms. The predicted molar refractivity (Wildman–Crippen MR) is 83.7 cm³/mol. The van der Waals surface area contributed by atoms with Crippen molar-refractivity contribution in [3.05, 3.63) is 35.4 Å². The number of nitrogens with one attached hydrogen (secondary N) is 1. The van der Waals surface area contributed by atoms with E-state index in [1.54, 1.807) is 7.11 Å². The first-order chi connectivity index (χ1) is 9.61. The van der Waals surface area contributed by atoms with E-state index < -0.39 is 0 Å². The van der Waals surface area contributed by atoms with Gasteiger partial charge in [-0.15, -0.1) is 0 Å². The van der Waals surface area contributed by atoms with Gasteiger partial charge in [-0.3, -0.25) is 0 Å². The Balaban J connectivity index is 1.75. The van der Waals surface area contributed by atoms with Crippen LogP contribution in [0, 0.1) is 5.41 Å². The maximum absolute atomic E-state index is 5.13. The normalized spacial score (nSPS) is 19.1. The van der Waals surface area contributed by atoms with Crippen molar-refractivity contribution in [3.63, 3.8) is 0 Å². The van der Waals surface area contributed by atoms with E-state index in [2.05, 4.69) is 48.5 Å². The molecule has 0 aliphatic carbocycles. The van der Waals surface area contributed by atoms with Crippen molar-refractivity contribution >= 4 is 0 Å². The van der Waals surface area contributed by atoms with Crippen LogP contribution in [0.15, 0.2) is 24.3 Å². The summed E-state index contributed by atoms with van der Waals surface area (Å²) in [5.74, 6) is 0. The highest BCUT2D eigenvalue weighted by atomic mass is 16.5. The van der Waals surface area contributed by atoms with E-state index in [9.17, 15) is 0 Å². The van der Waals surface area contributed by atoms with E-state index in [4.69, 9.17) is 4.74 Å². The molecule has 3 heteroatoms. The van der Waals surface area contributed by atoms with Crippen molar-refractivity contribution in [1.82, 2.24) is 10.2 Å². The van der Waals surface area contributed by atoms with Gasteiger partial charge in [0.2, 0.25) is 0 Å². The van der Waals surface area contributed by atoms with Gasteiger partial charge in [0, 0.05) is 20.2 Å². The third-order valence-corrected chi connectivity index (χ3v) is 4.41. The van der Waals surface area contributed by atoms with E-state index in [0.29, 0.717) is 12.0 Å². The van der Waals surface area contributed by atoms with Crippen LogP contribution in [0.1, 0.15) is 30.9 Å². The van der Waals surface area contributed by atoms with Crippen molar-refractivity contribution in [1.29, 1.82) is 0 Å². The molecule has 1 aromatic rings. The maximum atomic E-state index is 5.13. The second kappa shape index (κ2) is 7.21. The summed E-state index contributed by atoms with van der Waals surface area (Å²) >= 11 is 0. The summed E-state index contributed by atoms with van der Waals surface area (Å²) in [6.45, 7) is 7.63. The fraction of sp³-hybridized carbons (Fsp3) is 0.647. The number of nitrogens with zero attached hydrogens (tertiary/aromatic N) is 1. The number of methoxy groups -OCH3 is 1. The van der Waals surface area contributed by atoms with E-state index in [1.807, 2.05) is 0 Å². The van der Waals surface area contributed by atoms with Crippen molar-refractivity contribution in [2.75, 3.05) is 33.8 Å². The Hall–Kier alpha value is -0.900. The second-order valence-corrected chi connectivity index (χ2v) is 6.47. The number of hydrogen-bond donors (Lipinski definition) is 1. The molecule has 3 nitrogen and oxygen atoms in total. The zero-order valence-corrected chi connectivity index (χ0v) is 13.1. The smallest absolute Gasteiger partial charge is 0.0713 e. The van der Waals surface area contributed by atoms with Gasteiger partial charge < -0.3 is 15.0 Å². The second-order valence-electron chi connectivity index (χ2n) is 6.47. The van der Waals surface area contributed by atoms with Gasteiger partial charge >= 0.3 is 0 Å². The van der Waals surface area contributed by atoms with Gasteiger partial charge in [0.1, 0.15) is 0 Å². The van der Waals surface area contributed by atoms with Crippen LogP contribution < -0.4 is 5.32 Å². The molecule has 0 spiro atoms. The monoisotopic (exact) mass is 276 g/mol. The van der Waals surface area contributed by atoms with Gasteiger partial charge in [-0.2, -0.15) is 0 Å². The first kappa shape index (κ1) is 15.5. The largest absolute Gasteiger partial charge is 0.380 e. The van der Waals surface area contributed by atoms with E-state index in [-0.39, 0.29) is 0 Å². The first-order valence-electron chi connectivity index (χ1n) is 7.57. The average Bonchev–Trinajstić information content (AvgIpc) is 2.45. The molecule has 1 aliphatic heterocycles. The van der Waals surface area contributed by atoms with E-state index in [0.717, 1.165) is 13.1 Å². The molecule has 1 aliphatic rings. The Morgan fingerprint density at radius 3 is 2.35 bits per heavy atom. The fourth-order valence-corrected chi connectivity index (χ4v) is 2.76. The Bertz CT molecular complexity index is 394. The van der Waals surface area contributed by atoms with E-state index in [1.165, 1.54) is 37.1 Å². The Morgan fingerprint density at radius 1 is 1.15 bits per heavy atom. The summed E-state index contributed by atoms with van der Waals surface area (Å²) in [6.07, 6.45) is 2.59. The molecule has 1 fully saturated rings. The minimum Gasteiger partial charge on any atom is -0.380 e. The molecule has 2 rings (SSSR count). The summed E-state index contributed by atoms with van der Waals surface area (Å²) < 4.78 is 5.13. The van der Waals surface area contributed by atoms with Gasteiger partial charge in [-0.1, -0.05) is 31.2 Å². The average molecular weight is 276 g/mol. The zero-order valence-electron chi connectivity index (χ0n) is 13.1. The highest BCUT2D eigenvalue weighted by Gasteiger charge is 2.28. The number of hydrogen-bond acceptors (Lipinski definition) is 3. The molecule has 0 unspecified atom stereocenters. The minimum atomic E-state index is 0.461. The molecule has 0 aromatic heterocycles. The molecular weight excluding hydrogens is 248 g/mol. The van der Waals surface area contributed by atoms with Crippen LogP contribution in [0.5, 0.6) is 0 Å². The molecule has 112 valence electrons. The first-order valence-corrected chi connectivity index (χ1v) is 7.57. The topological polar surface area (TPSA) is 24.5 Å². The Morgan fingerprint density at radius 2 is 1.75 bits per heavy atom. The lowest BCUT2D eigenvalue weighted by Gasteiger charge is -2.38. The lowest BCUT2D eigenvalue weighted by Crippen LogP contribution is -2.41. The van der Waals surface area contributed by atoms with Gasteiger partial charge in [-0.25, -0.2) is 0 Å². The van der Waals surface area contributed by atoms with Gasteiger partial charge in [0.05, 0.1) is 6.61 Å². The molecule has 0 bridgehead atoms. The lowest BCUT2D eigenvalue weighted by molar-refractivity contribution is 0.137. The number of likely N-dealkylation sites (tertiary alicyclic amines) is 1. The molecule has 1 aromatic carbocycles. The van der Waals surface area contributed by atoms with E-state index >= 15 is 0 Å². The molecule has 0 atom stereocenters. The van der Waals surface area contributed by atoms with Crippen LogP contribution in [0.25, 0.3) is 0 Å². The lowest BCUT2D eigenvalue weighted by atomic mass is 9.80. The van der Waals surface area contributed by atoms with Crippen molar-refractivity contribution in [2.24, 2.45) is 5.41 Å². The van der Waals surface area contributed by atoms with Crippen LogP contribution in [0.4, 0.5) is 0 Å². The van der Waals surface area contributed by atoms with Gasteiger partial charge in [0.15, 0.2) is 0 Å². The van der Waals surface area contributed by atoms with Crippen LogP contribution >= 0.6 is 0 Å². The molecule has 0 radical (unpaired) electrons. The van der Waals surface area contributed by atoms with Crippen LogP contribution in [-0.4, -0.2) is 38.7 Å². The molecule has 1 N–H and O–H groups in total. The number of rotatable bonds is 6. The van der Waals surface area contributed by atoms with Crippen molar-refractivity contribution in [3.8, 4) is 0 Å². The van der Waals surface area contributed by atoms with Crippen LogP contribution in [-0.2, 0) is 17.9 Å². The molecular formula is C17H28N2O. The quantitative estimate of drug-likeness (QED) is 0.864. The highest BCUT2D eigenvalue weighted by molar-refractivity contribution is 5.21. The predicted octanol–water partition coefficient (Wildman–Crippen LogP) is 2.65. The summed E-state index contributed by atoms with van der Waals surface area (Å²) in [7, 11) is 3.95. The Labute approximate surface area is 123 Å². The standard InChI is InChI=1S/C17H28N2O/c1-17(8-10-19(2)11-9-17)14-18-12-15-4-6-16(7-5-15)13-20-3/h4-7,18H,8-14H2,1-3H3. The molecule has 1 heterocycles. The number of piperidine rings is 1. The summed E-state index contributed by atoms with van der Waals surface area (Å²) in [5, 5.41) is 3.63. The fourth-order valence-electron chi connectivity index (χ4n) is 2.76. The SMILES string of the molecule is COCc1ccc(CNCC2(C)CCN(C)CC2)cc1. The summed E-state index contributed by atoms with van der Waals surface area (Å²) in [4.78, 5) is 2.43. The zero-order chi connectivity index (χ0) is 14.4. The van der Waals surface area contributed by atoms with Crippen LogP contribution in [0.3, 0.4) is 0 Å². The molecule has 1 saturated heterocycles.